The summed E-state index contributed by atoms with van der Waals surface area (Å²) >= 11 is 0. The summed E-state index contributed by atoms with van der Waals surface area (Å²) in [6, 6.07) is 15.9. The Morgan fingerprint density at radius 1 is 1.12 bits per heavy atom. The molecule has 2 aromatic carbocycles. The summed E-state index contributed by atoms with van der Waals surface area (Å²) in [5, 5.41) is 9.12. The van der Waals surface area contributed by atoms with Crippen LogP contribution in [0.3, 0.4) is 0 Å². The molecule has 5 nitrogen and oxygen atoms in total. The highest BCUT2D eigenvalue weighted by molar-refractivity contribution is 5.98. The molecule has 0 bridgehead atoms. The highest BCUT2D eigenvalue weighted by Gasteiger charge is 2.25. The van der Waals surface area contributed by atoms with E-state index in [2.05, 4.69) is 35.0 Å². The van der Waals surface area contributed by atoms with Crippen LogP contribution in [0.15, 0.2) is 48.5 Å². The summed E-state index contributed by atoms with van der Waals surface area (Å²) in [5.41, 5.74) is 4.06. The van der Waals surface area contributed by atoms with E-state index in [4.69, 9.17) is 0 Å². The summed E-state index contributed by atoms with van der Waals surface area (Å²) in [5.74, 6) is -0.421. The van der Waals surface area contributed by atoms with E-state index in [1.807, 2.05) is 36.4 Å². The summed E-state index contributed by atoms with van der Waals surface area (Å²) in [4.78, 5) is 24.0. The molecular formula is C20H23N3O2. The van der Waals surface area contributed by atoms with Crippen molar-refractivity contribution in [3.05, 3.63) is 59.7 Å². The van der Waals surface area contributed by atoms with Gasteiger partial charge in [0.05, 0.1) is 11.4 Å². The van der Waals surface area contributed by atoms with Crippen molar-refractivity contribution in [2.45, 2.75) is 26.3 Å². The second-order valence-electron chi connectivity index (χ2n) is 6.35. The third kappa shape index (κ3) is 4.38. The number of amides is 2. The number of hydrogen-bond donors (Lipinski definition) is 3. The first-order chi connectivity index (χ1) is 12.1. The number of carbonyl (C=O) groups is 2. The van der Waals surface area contributed by atoms with Crippen molar-refractivity contribution in [1.29, 1.82) is 0 Å². The van der Waals surface area contributed by atoms with Crippen molar-refractivity contribution < 1.29 is 9.59 Å². The largest absolute Gasteiger partial charge is 0.379 e. The molecule has 3 rings (SSSR count). The van der Waals surface area contributed by atoms with Crippen LogP contribution in [-0.4, -0.2) is 18.4 Å². The van der Waals surface area contributed by atoms with Gasteiger partial charge >= 0.3 is 0 Å². The van der Waals surface area contributed by atoms with Gasteiger partial charge in [-0.2, -0.15) is 0 Å². The number of hydrogen-bond acceptors (Lipinski definition) is 3. The Labute approximate surface area is 147 Å². The third-order valence-electron chi connectivity index (χ3n) is 4.53. The molecule has 1 atom stereocenters. The zero-order valence-electron chi connectivity index (χ0n) is 14.3. The predicted molar refractivity (Wildman–Crippen MR) is 99.3 cm³/mol. The van der Waals surface area contributed by atoms with Gasteiger partial charge in [0.2, 0.25) is 11.8 Å². The highest BCUT2D eigenvalue weighted by atomic mass is 16.2. The maximum absolute atomic E-state index is 12.5. The number of rotatable bonds is 5. The van der Waals surface area contributed by atoms with Gasteiger partial charge in [0.25, 0.3) is 0 Å². The smallest absolute Gasteiger partial charge is 0.228 e. The van der Waals surface area contributed by atoms with Gasteiger partial charge in [0.15, 0.2) is 0 Å². The van der Waals surface area contributed by atoms with Crippen molar-refractivity contribution in [3.8, 4) is 0 Å². The molecule has 1 aliphatic heterocycles. The molecule has 130 valence electrons. The number of aryl methyl sites for hydroxylation is 1. The van der Waals surface area contributed by atoms with E-state index in [0.29, 0.717) is 19.5 Å². The standard InChI is InChI=1S/C20H23N3O2/c1-14-6-2-3-7-16(14)13-22-17-8-4-5-9-18(17)23-20(25)15-10-11-21-19(24)12-15/h2-9,15,22H,10-13H2,1H3,(H,21,24)(H,23,25)/t15-/m0/s1. The number of nitrogens with one attached hydrogen (secondary N) is 3. The third-order valence-corrected chi connectivity index (χ3v) is 4.53. The van der Waals surface area contributed by atoms with Crippen molar-refractivity contribution in [3.63, 3.8) is 0 Å². The Morgan fingerprint density at radius 2 is 1.84 bits per heavy atom. The van der Waals surface area contributed by atoms with E-state index in [-0.39, 0.29) is 24.2 Å². The van der Waals surface area contributed by atoms with Crippen LogP contribution in [0, 0.1) is 12.8 Å². The van der Waals surface area contributed by atoms with E-state index in [1.54, 1.807) is 0 Å². The molecule has 0 aromatic heterocycles. The van der Waals surface area contributed by atoms with Gasteiger partial charge in [-0.1, -0.05) is 36.4 Å². The van der Waals surface area contributed by atoms with Gasteiger partial charge in [0.1, 0.15) is 0 Å². The molecule has 1 fully saturated rings. The van der Waals surface area contributed by atoms with Crippen LogP contribution in [0.4, 0.5) is 11.4 Å². The molecule has 0 spiro atoms. The SMILES string of the molecule is Cc1ccccc1CNc1ccccc1NC(=O)[C@H]1CCNC(=O)C1. The lowest BCUT2D eigenvalue weighted by Gasteiger charge is -2.22. The van der Waals surface area contributed by atoms with Gasteiger partial charge < -0.3 is 16.0 Å². The molecule has 3 N–H and O–H groups in total. The Bertz CT molecular complexity index is 773. The number of para-hydroxylation sites is 2. The van der Waals surface area contributed by atoms with E-state index >= 15 is 0 Å². The maximum atomic E-state index is 12.5. The summed E-state index contributed by atoms with van der Waals surface area (Å²) in [7, 11) is 0. The first-order valence-electron chi connectivity index (χ1n) is 8.58. The monoisotopic (exact) mass is 337 g/mol. The maximum Gasteiger partial charge on any atom is 0.228 e. The van der Waals surface area contributed by atoms with Crippen molar-refractivity contribution in [2.75, 3.05) is 17.2 Å². The van der Waals surface area contributed by atoms with E-state index in [9.17, 15) is 9.59 Å². The molecule has 1 heterocycles. The van der Waals surface area contributed by atoms with Gasteiger partial charge in [-0.25, -0.2) is 0 Å². The van der Waals surface area contributed by atoms with Crippen LogP contribution in [0.25, 0.3) is 0 Å². The molecule has 5 heteroatoms. The second kappa shape index (κ2) is 7.83. The average Bonchev–Trinajstić information content (AvgIpc) is 2.62. The lowest BCUT2D eigenvalue weighted by molar-refractivity contribution is -0.129. The summed E-state index contributed by atoms with van der Waals surface area (Å²) in [6.07, 6.45) is 0.932. The highest BCUT2D eigenvalue weighted by Crippen LogP contribution is 2.24. The molecule has 0 aliphatic carbocycles. The molecule has 2 aromatic rings. The zero-order chi connectivity index (χ0) is 17.6. The minimum absolute atomic E-state index is 0.0580. The molecule has 0 unspecified atom stereocenters. The van der Waals surface area contributed by atoms with Crippen molar-refractivity contribution in [1.82, 2.24) is 5.32 Å². The van der Waals surface area contributed by atoms with Crippen LogP contribution < -0.4 is 16.0 Å². The Morgan fingerprint density at radius 3 is 2.60 bits per heavy atom. The average molecular weight is 337 g/mol. The molecule has 25 heavy (non-hydrogen) atoms. The fraction of sp³-hybridized carbons (Fsp3) is 0.300. The quantitative estimate of drug-likeness (QED) is 0.785. The van der Waals surface area contributed by atoms with Gasteiger partial charge in [0, 0.05) is 25.4 Å². The minimum Gasteiger partial charge on any atom is -0.379 e. The Kier molecular flexibility index (Phi) is 5.33. The van der Waals surface area contributed by atoms with Crippen LogP contribution in [0.1, 0.15) is 24.0 Å². The van der Waals surface area contributed by atoms with E-state index in [1.165, 1.54) is 11.1 Å². The number of anilines is 2. The van der Waals surface area contributed by atoms with Crippen LogP contribution in [0.5, 0.6) is 0 Å². The predicted octanol–water partition coefficient (Wildman–Crippen LogP) is 3.07. The topological polar surface area (TPSA) is 70.2 Å². The van der Waals surface area contributed by atoms with Crippen LogP contribution >= 0.6 is 0 Å². The minimum atomic E-state index is -0.266. The summed E-state index contributed by atoms with van der Waals surface area (Å²) < 4.78 is 0. The fourth-order valence-corrected chi connectivity index (χ4v) is 2.99. The lowest BCUT2D eigenvalue weighted by Crippen LogP contribution is -2.38. The number of benzene rings is 2. The first kappa shape index (κ1) is 17.0. The van der Waals surface area contributed by atoms with Crippen molar-refractivity contribution in [2.24, 2.45) is 5.92 Å². The fourth-order valence-electron chi connectivity index (χ4n) is 2.99. The normalized spacial score (nSPS) is 16.8. The first-order valence-corrected chi connectivity index (χ1v) is 8.58. The second-order valence-corrected chi connectivity index (χ2v) is 6.35. The molecular weight excluding hydrogens is 314 g/mol. The lowest BCUT2D eigenvalue weighted by atomic mass is 9.96. The number of piperidine rings is 1. The van der Waals surface area contributed by atoms with Crippen molar-refractivity contribution >= 4 is 23.2 Å². The Hall–Kier alpha value is -2.82. The molecule has 2 amide bonds. The van der Waals surface area contributed by atoms with Gasteiger partial charge in [-0.15, -0.1) is 0 Å². The molecule has 1 aliphatic rings. The molecule has 1 saturated heterocycles. The van der Waals surface area contributed by atoms with E-state index in [0.717, 1.165) is 11.4 Å². The van der Waals surface area contributed by atoms with Gasteiger partial charge in [-0.3, -0.25) is 9.59 Å². The van der Waals surface area contributed by atoms with Crippen LogP contribution in [-0.2, 0) is 16.1 Å². The molecule has 0 saturated carbocycles. The van der Waals surface area contributed by atoms with E-state index < -0.39 is 0 Å². The number of carbonyl (C=O) groups excluding carboxylic acids is 2. The summed E-state index contributed by atoms with van der Waals surface area (Å²) in [6.45, 7) is 3.33. The van der Waals surface area contributed by atoms with Gasteiger partial charge in [-0.05, 0) is 36.6 Å². The molecule has 0 radical (unpaired) electrons. The Balaban J connectivity index is 1.67. The van der Waals surface area contributed by atoms with Crippen LogP contribution in [0.2, 0.25) is 0 Å². The zero-order valence-corrected chi connectivity index (χ0v) is 14.3.